The first-order valence-electron chi connectivity index (χ1n) is 8.68. The third-order valence-corrected chi connectivity index (χ3v) is 4.39. The largest absolute Gasteiger partial charge is 0.507 e. The molecule has 0 spiro atoms. The van der Waals surface area contributed by atoms with Crippen molar-refractivity contribution < 1.29 is 19.8 Å². The van der Waals surface area contributed by atoms with Crippen molar-refractivity contribution in [2.24, 2.45) is 0 Å². The highest BCUT2D eigenvalue weighted by Crippen LogP contribution is 2.28. The molecule has 0 aliphatic heterocycles. The number of amides is 2. The standard InChI is InChI=1S/C18H27N3O4/c1-21(2)9-8-19-17(24)13-10-14(16(23)11-15(13)22)18(25)20-12-6-4-3-5-7-12/h10-12,22-23H,3-9H2,1-2H3,(H,19,24)(H,20,25). The zero-order valence-corrected chi connectivity index (χ0v) is 14.8. The number of phenolic OH excluding ortho intramolecular Hbond substituents is 2. The number of carbonyl (C=O) groups excluding carboxylic acids is 2. The van der Waals surface area contributed by atoms with Crippen molar-refractivity contribution in [3.63, 3.8) is 0 Å². The number of hydrogen-bond acceptors (Lipinski definition) is 5. The maximum absolute atomic E-state index is 12.4. The summed E-state index contributed by atoms with van der Waals surface area (Å²) in [5, 5.41) is 25.5. The zero-order chi connectivity index (χ0) is 18.4. The van der Waals surface area contributed by atoms with Crippen LogP contribution < -0.4 is 10.6 Å². The maximum Gasteiger partial charge on any atom is 0.255 e. The summed E-state index contributed by atoms with van der Waals surface area (Å²) in [5.74, 6) is -1.59. The van der Waals surface area contributed by atoms with E-state index in [4.69, 9.17) is 0 Å². The fourth-order valence-corrected chi connectivity index (χ4v) is 2.94. The van der Waals surface area contributed by atoms with Crippen LogP contribution in [0.2, 0.25) is 0 Å². The summed E-state index contributed by atoms with van der Waals surface area (Å²) >= 11 is 0. The fourth-order valence-electron chi connectivity index (χ4n) is 2.94. The van der Waals surface area contributed by atoms with Gasteiger partial charge in [0.15, 0.2) is 0 Å². The van der Waals surface area contributed by atoms with Gasteiger partial charge in [-0.05, 0) is 33.0 Å². The molecule has 1 aromatic carbocycles. The third-order valence-electron chi connectivity index (χ3n) is 4.39. The topological polar surface area (TPSA) is 102 Å². The van der Waals surface area contributed by atoms with Crippen molar-refractivity contribution in [1.82, 2.24) is 15.5 Å². The van der Waals surface area contributed by atoms with Crippen molar-refractivity contribution in [3.8, 4) is 11.5 Å². The van der Waals surface area contributed by atoms with Gasteiger partial charge in [0.05, 0.1) is 11.1 Å². The van der Waals surface area contributed by atoms with Crippen LogP contribution in [0, 0.1) is 0 Å². The van der Waals surface area contributed by atoms with E-state index in [1.807, 2.05) is 19.0 Å². The normalized spacial score (nSPS) is 15.2. The summed E-state index contributed by atoms with van der Waals surface area (Å²) in [7, 11) is 3.77. The number of rotatable bonds is 6. The molecule has 0 bridgehead atoms. The van der Waals surface area contributed by atoms with E-state index in [9.17, 15) is 19.8 Å². The second kappa shape index (κ2) is 8.71. The molecule has 1 aliphatic rings. The molecule has 2 rings (SSSR count). The second-order valence-electron chi connectivity index (χ2n) is 6.75. The number of likely N-dealkylation sites (N-methyl/N-ethyl adjacent to an activating group) is 1. The van der Waals surface area contributed by atoms with Crippen molar-refractivity contribution in [3.05, 3.63) is 23.3 Å². The molecule has 1 fully saturated rings. The lowest BCUT2D eigenvalue weighted by Gasteiger charge is -2.23. The van der Waals surface area contributed by atoms with Crippen LogP contribution in [0.25, 0.3) is 0 Å². The van der Waals surface area contributed by atoms with Crippen LogP contribution in [0.1, 0.15) is 52.8 Å². The SMILES string of the molecule is CN(C)CCNC(=O)c1cc(C(=O)NC2CCCCC2)c(O)cc1O. The van der Waals surface area contributed by atoms with Crippen LogP contribution in [0.3, 0.4) is 0 Å². The van der Waals surface area contributed by atoms with E-state index in [2.05, 4.69) is 10.6 Å². The molecule has 138 valence electrons. The number of hydrogen-bond donors (Lipinski definition) is 4. The minimum atomic E-state index is -0.480. The van der Waals surface area contributed by atoms with Crippen molar-refractivity contribution >= 4 is 11.8 Å². The third kappa shape index (κ3) is 5.35. The molecule has 0 unspecified atom stereocenters. The number of nitrogens with one attached hydrogen (secondary N) is 2. The van der Waals surface area contributed by atoms with E-state index in [1.54, 1.807) is 0 Å². The molecule has 7 nitrogen and oxygen atoms in total. The number of benzene rings is 1. The quantitative estimate of drug-likeness (QED) is 0.623. The monoisotopic (exact) mass is 349 g/mol. The van der Waals surface area contributed by atoms with E-state index in [0.29, 0.717) is 13.1 Å². The van der Waals surface area contributed by atoms with Crippen LogP contribution in [-0.4, -0.2) is 60.2 Å². The molecule has 1 aromatic rings. The van der Waals surface area contributed by atoms with E-state index in [0.717, 1.165) is 31.7 Å². The molecule has 7 heteroatoms. The Morgan fingerprint density at radius 3 is 2.24 bits per heavy atom. The minimum Gasteiger partial charge on any atom is -0.507 e. The summed E-state index contributed by atoms with van der Waals surface area (Å²) in [6.45, 7) is 1.06. The lowest BCUT2D eigenvalue weighted by Crippen LogP contribution is -2.36. The van der Waals surface area contributed by atoms with E-state index in [-0.39, 0.29) is 28.7 Å². The fraction of sp³-hybridized carbons (Fsp3) is 0.556. The summed E-state index contributed by atoms with van der Waals surface area (Å²) in [6.07, 6.45) is 5.16. The van der Waals surface area contributed by atoms with Gasteiger partial charge in [0, 0.05) is 25.2 Å². The maximum atomic E-state index is 12.4. The number of phenols is 2. The van der Waals surface area contributed by atoms with Crippen molar-refractivity contribution in [2.45, 2.75) is 38.1 Å². The molecule has 1 aliphatic carbocycles. The van der Waals surface area contributed by atoms with Gasteiger partial charge in [-0.1, -0.05) is 19.3 Å². The molecule has 2 amide bonds. The van der Waals surface area contributed by atoms with Crippen molar-refractivity contribution in [1.29, 1.82) is 0 Å². The van der Waals surface area contributed by atoms with E-state index < -0.39 is 11.8 Å². The van der Waals surface area contributed by atoms with Gasteiger partial charge >= 0.3 is 0 Å². The predicted octanol–water partition coefficient (Wildman–Crippen LogP) is 1.45. The first kappa shape index (κ1) is 19.1. The number of aromatic hydroxyl groups is 2. The first-order valence-corrected chi connectivity index (χ1v) is 8.68. The van der Waals surface area contributed by atoms with Crippen LogP contribution in [0.15, 0.2) is 12.1 Å². The van der Waals surface area contributed by atoms with Gasteiger partial charge in [-0.2, -0.15) is 0 Å². The molecule has 0 atom stereocenters. The molecule has 1 saturated carbocycles. The molecule has 0 saturated heterocycles. The van der Waals surface area contributed by atoms with Gasteiger partial charge in [0.2, 0.25) is 0 Å². The van der Waals surface area contributed by atoms with Crippen LogP contribution in [-0.2, 0) is 0 Å². The Labute approximate surface area is 148 Å². The van der Waals surface area contributed by atoms with Gasteiger partial charge in [0.1, 0.15) is 11.5 Å². The summed E-state index contributed by atoms with van der Waals surface area (Å²) < 4.78 is 0. The Kier molecular flexibility index (Phi) is 6.64. The lowest BCUT2D eigenvalue weighted by molar-refractivity contribution is 0.0925. The molecule has 0 heterocycles. The molecule has 4 N–H and O–H groups in total. The Morgan fingerprint density at radius 1 is 1.04 bits per heavy atom. The van der Waals surface area contributed by atoms with Crippen LogP contribution >= 0.6 is 0 Å². The average molecular weight is 349 g/mol. The van der Waals surface area contributed by atoms with Gasteiger partial charge < -0.3 is 25.7 Å². The van der Waals surface area contributed by atoms with Crippen LogP contribution in [0.5, 0.6) is 11.5 Å². The molecular formula is C18H27N3O4. The van der Waals surface area contributed by atoms with E-state index >= 15 is 0 Å². The molecular weight excluding hydrogens is 322 g/mol. The molecule has 25 heavy (non-hydrogen) atoms. The Balaban J connectivity index is 2.10. The molecule has 0 radical (unpaired) electrons. The summed E-state index contributed by atoms with van der Waals surface area (Å²) in [4.78, 5) is 26.6. The highest BCUT2D eigenvalue weighted by molar-refractivity contribution is 6.03. The van der Waals surface area contributed by atoms with Gasteiger partial charge in [-0.15, -0.1) is 0 Å². The average Bonchev–Trinajstić information content (AvgIpc) is 2.55. The van der Waals surface area contributed by atoms with Crippen LogP contribution in [0.4, 0.5) is 0 Å². The molecule has 0 aromatic heterocycles. The Hall–Kier alpha value is -2.28. The number of carbonyl (C=O) groups is 2. The van der Waals surface area contributed by atoms with Crippen molar-refractivity contribution in [2.75, 3.05) is 27.2 Å². The first-order chi connectivity index (χ1) is 11.9. The van der Waals surface area contributed by atoms with Gasteiger partial charge in [0.25, 0.3) is 11.8 Å². The predicted molar refractivity (Wildman–Crippen MR) is 95.0 cm³/mol. The van der Waals surface area contributed by atoms with Gasteiger partial charge in [-0.25, -0.2) is 0 Å². The second-order valence-corrected chi connectivity index (χ2v) is 6.75. The summed E-state index contributed by atoms with van der Waals surface area (Å²) in [5.41, 5.74) is -0.0218. The van der Waals surface area contributed by atoms with E-state index in [1.165, 1.54) is 12.5 Å². The zero-order valence-electron chi connectivity index (χ0n) is 14.8. The smallest absolute Gasteiger partial charge is 0.255 e. The summed E-state index contributed by atoms with van der Waals surface area (Å²) in [6, 6.07) is 2.37. The highest BCUT2D eigenvalue weighted by Gasteiger charge is 2.22. The highest BCUT2D eigenvalue weighted by atomic mass is 16.3. The van der Waals surface area contributed by atoms with Gasteiger partial charge in [-0.3, -0.25) is 9.59 Å². The number of nitrogens with zero attached hydrogens (tertiary/aromatic N) is 1. The Bertz CT molecular complexity index is 625. The lowest BCUT2D eigenvalue weighted by atomic mass is 9.95. The Morgan fingerprint density at radius 2 is 1.64 bits per heavy atom. The minimum absolute atomic E-state index is 0.00105.